The summed E-state index contributed by atoms with van der Waals surface area (Å²) in [5.41, 5.74) is 13.3. The molecular weight excluding hydrogens is 669 g/mol. The average molecular weight is 703 g/mol. The first-order chi connectivity index (χ1) is 27.3. The number of hydrogen-bond donors (Lipinski definition) is 0. The minimum Gasteiger partial charge on any atom is -0.309 e. The van der Waals surface area contributed by atoms with E-state index in [1.165, 1.54) is 32.9 Å². The van der Waals surface area contributed by atoms with Gasteiger partial charge in [-0.2, -0.15) is 0 Å². The molecule has 0 saturated heterocycles. The van der Waals surface area contributed by atoms with E-state index in [2.05, 4.69) is 174 Å². The van der Waals surface area contributed by atoms with Gasteiger partial charge >= 0.3 is 0 Å². The summed E-state index contributed by atoms with van der Waals surface area (Å²) >= 11 is 0. The van der Waals surface area contributed by atoms with Gasteiger partial charge in [0.15, 0.2) is 17.5 Å². The number of rotatable bonds is 7. The third kappa shape index (κ3) is 6.06. The summed E-state index contributed by atoms with van der Waals surface area (Å²) < 4.78 is 2.38. The van der Waals surface area contributed by atoms with E-state index in [9.17, 15) is 0 Å². The van der Waals surface area contributed by atoms with Gasteiger partial charge in [0.25, 0.3) is 0 Å². The maximum Gasteiger partial charge on any atom is 0.164 e. The monoisotopic (exact) mass is 702 g/mol. The Morgan fingerprint density at radius 2 is 0.727 bits per heavy atom. The highest BCUT2D eigenvalue weighted by Crippen LogP contribution is 2.39. The molecule has 0 spiro atoms. The fraction of sp³-hybridized carbons (Fsp3) is 0. The second-order valence-electron chi connectivity index (χ2n) is 13.7. The lowest BCUT2D eigenvalue weighted by Gasteiger charge is -2.11. The van der Waals surface area contributed by atoms with Crippen molar-refractivity contribution < 1.29 is 0 Å². The van der Waals surface area contributed by atoms with Crippen LogP contribution in [0, 0.1) is 0 Å². The lowest BCUT2D eigenvalue weighted by atomic mass is 9.99. The average Bonchev–Trinajstić information content (AvgIpc) is 3.62. The number of nitrogens with zero attached hydrogens (tertiary/aromatic N) is 4. The van der Waals surface area contributed by atoms with Crippen molar-refractivity contribution in [2.24, 2.45) is 0 Å². The molecule has 0 amide bonds. The van der Waals surface area contributed by atoms with Gasteiger partial charge in [-0.15, -0.1) is 0 Å². The summed E-state index contributed by atoms with van der Waals surface area (Å²) in [5.74, 6) is 1.92. The Bertz CT molecular complexity index is 2930. The number of para-hydroxylation sites is 1. The third-order valence-corrected chi connectivity index (χ3v) is 10.3. The minimum absolute atomic E-state index is 0.636. The van der Waals surface area contributed by atoms with Gasteiger partial charge in [0, 0.05) is 33.2 Å². The molecule has 10 rings (SSSR count). The van der Waals surface area contributed by atoms with Crippen LogP contribution < -0.4 is 0 Å². The summed E-state index contributed by atoms with van der Waals surface area (Å²) in [6.45, 7) is 0. The molecule has 0 bridgehead atoms. The summed E-state index contributed by atoms with van der Waals surface area (Å²) in [5, 5.41) is 2.52. The second kappa shape index (κ2) is 13.8. The van der Waals surface area contributed by atoms with Gasteiger partial charge in [0.05, 0.1) is 11.0 Å². The van der Waals surface area contributed by atoms with Crippen molar-refractivity contribution in [1.82, 2.24) is 19.5 Å². The second-order valence-corrected chi connectivity index (χ2v) is 13.7. The van der Waals surface area contributed by atoms with Crippen LogP contribution in [0.25, 0.3) is 95.0 Å². The van der Waals surface area contributed by atoms with E-state index >= 15 is 0 Å². The maximum absolute atomic E-state index is 5.03. The van der Waals surface area contributed by atoms with Crippen LogP contribution in [0.1, 0.15) is 0 Å². The molecule has 2 aromatic heterocycles. The van der Waals surface area contributed by atoms with Crippen molar-refractivity contribution in [2.75, 3.05) is 0 Å². The fourth-order valence-electron chi connectivity index (χ4n) is 7.59. The van der Waals surface area contributed by atoms with Gasteiger partial charge in [-0.25, -0.2) is 15.0 Å². The standard InChI is InChI=1S/C51H34N4/c1-4-14-35(15-5-1)41-20-12-21-42(34-41)51-53-49(39-18-8-3-9-19-39)52-50(54-51)40-28-26-36(27-29-40)37-30-32-43(33-31-37)55-46-24-11-10-22-45(46)48-44(23-13-25-47(48)55)38-16-6-2-7-17-38/h1-34H. The van der Waals surface area contributed by atoms with Crippen LogP contribution in [0.3, 0.4) is 0 Å². The molecule has 0 radical (unpaired) electrons. The van der Waals surface area contributed by atoms with Crippen molar-refractivity contribution in [3.8, 4) is 73.2 Å². The van der Waals surface area contributed by atoms with Crippen LogP contribution in [0.5, 0.6) is 0 Å². The zero-order chi connectivity index (χ0) is 36.6. The highest BCUT2D eigenvalue weighted by Gasteiger charge is 2.17. The summed E-state index contributed by atoms with van der Waals surface area (Å²) in [7, 11) is 0. The lowest BCUT2D eigenvalue weighted by Crippen LogP contribution is -2.00. The number of hydrogen-bond acceptors (Lipinski definition) is 3. The smallest absolute Gasteiger partial charge is 0.164 e. The number of benzene rings is 8. The lowest BCUT2D eigenvalue weighted by molar-refractivity contribution is 1.07. The van der Waals surface area contributed by atoms with E-state index in [0.29, 0.717) is 17.5 Å². The van der Waals surface area contributed by atoms with E-state index in [1.807, 2.05) is 36.4 Å². The van der Waals surface area contributed by atoms with Gasteiger partial charge in [-0.05, 0) is 63.7 Å². The SMILES string of the molecule is c1ccc(-c2cccc(-c3nc(-c4ccccc4)nc(-c4ccc(-c5ccc(-n6c7ccccc7c7c(-c8ccccc8)cccc76)cc5)cc4)n3)c2)cc1. The quantitative estimate of drug-likeness (QED) is 0.166. The van der Waals surface area contributed by atoms with Crippen LogP contribution in [0.2, 0.25) is 0 Å². The van der Waals surface area contributed by atoms with Crippen molar-refractivity contribution in [1.29, 1.82) is 0 Å². The first-order valence-corrected chi connectivity index (χ1v) is 18.5. The number of fused-ring (bicyclic) bond motifs is 3. The minimum atomic E-state index is 0.636. The van der Waals surface area contributed by atoms with E-state index in [1.54, 1.807) is 0 Å². The Labute approximate surface area is 319 Å². The molecule has 0 unspecified atom stereocenters. The van der Waals surface area contributed by atoms with Crippen LogP contribution >= 0.6 is 0 Å². The molecular formula is C51H34N4. The molecule has 8 aromatic carbocycles. The summed E-state index contributed by atoms with van der Waals surface area (Å²) in [4.78, 5) is 15.0. The van der Waals surface area contributed by atoms with Crippen LogP contribution in [-0.2, 0) is 0 Å². The first kappa shape index (κ1) is 32.2. The van der Waals surface area contributed by atoms with Gasteiger partial charge in [0.1, 0.15) is 0 Å². The molecule has 0 fully saturated rings. The maximum atomic E-state index is 5.03. The molecule has 0 saturated carbocycles. The van der Waals surface area contributed by atoms with Gasteiger partial charge in [-0.1, -0.05) is 176 Å². The molecule has 4 nitrogen and oxygen atoms in total. The highest BCUT2D eigenvalue weighted by atomic mass is 15.0. The molecule has 0 N–H and O–H groups in total. The van der Waals surface area contributed by atoms with Crippen molar-refractivity contribution in [2.45, 2.75) is 0 Å². The van der Waals surface area contributed by atoms with Crippen molar-refractivity contribution >= 4 is 21.8 Å². The Morgan fingerprint density at radius 1 is 0.291 bits per heavy atom. The highest BCUT2D eigenvalue weighted by molar-refractivity contribution is 6.15. The zero-order valence-electron chi connectivity index (χ0n) is 29.9. The molecule has 0 aliphatic carbocycles. The predicted molar refractivity (Wildman–Crippen MR) is 227 cm³/mol. The van der Waals surface area contributed by atoms with E-state index < -0.39 is 0 Å². The summed E-state index contributed by atoms with van der Waals surface area (Å²) in [6, 6.07) is 72.2. The van der Waals surface area contributed by atoms with E-state index in [-0.39, 0.29) is 0 Å². The van der Waals surface area contributed by atoms with E-state index in [0.717, 1.165) is 44.6 Å². The van der Waals surface area contributed by atoms with Gasteiger partial charge in [-0.3, -0.25) is 0 Å². The molecule has 0 aliphatic heterocycles. The Morgan fingerprint density at radius 3 is 1.40 bits per heavy atom. The van der Waals surface area contributed by atoms with Crippen LogP contribution in [-0.4, -0.2) is 19.5 Å². The normalized spacial score (nSPS) is 11.3. The molecule has 258 valence electrons. The van der Waals surface area contributed by atoms with Gasteiger partial charge in [0.2, 0.25) is 0 Å². The molecule has 0 aliphatic rings. The molecule has 10 aromatic rings. The fourth-order valence-corrected chi connectivity index (χ4v) is 7.59. The predicted octanol–water partition coefficient (Wildman–Crippen LogP) is 13.0. The number of aromatic nitrogens is 4. The zero-order valence-corrected chi connectivity index (χ0v) is 29.9. The Hall–Kier alpha value is -7.43. The van der Waals surface area contributed by atoms with Crippen molar-refractivity contribution in [3.63, 3.8) is 0 Å². The first-order valence-electron chi connectivity index (χ1n) is 18.5. The van der Waals surface area contributed by atoms with Gasteiger partial charge < -0.3 is 4.57 Å². The molecule has 0 atom stereocenters. The van der Waals surface area contributed by atoms with Crippen LogP contribution in [0.15, 0.2) is 206 Å². The third-order valence-electron chi connectivity index (χ3n) is 10.3. The Balaban J connectivity index is 1.00. The molecule has 4 heteroatoms. The van der Waals surface area contributed by atoms with Crippen LogP contribution in [0.4, 0.5) is 0 Å². The van der Waals surface area contributed by atoms with E-state index in [4.69, 9.17) is 15.0 Å². The molecule has 2 heterocycles. The Kier molecular flexibility index (Phi) is 8.12. The van der Waals surface area contributed by atoms with Crippen molar-refractivity contribution in [3.05, 3.63) is 206 Å². The summed E-state index contributed by atoms with van der Waals surface area (Å²) in [6.07, 6.45) is 0. The topological polar surface area (TPSA) is 43.6 Å². The molecule has 55 heavy (non-hydrogen) atoms. The largest absolute Gasteiger partial charge is 0.309 e.